The summed E-state index contributed by atoms with van der Waals surface area (Å²) in [6.45, 7) is 6.03. The molecule has 2 heterocycles. The van der Waals surface area contributed by atoms with Gasteiger partial charge in [0.25, 0.3) is 0 Å². The van der Waals surface area contributed by atoms with Crippen LogP contribution in [0.1, 0.15) is 19.4 Å². The van der Waals surface area contributed by atoms with E-state index in [0.29, 0.717) is 6.54 Å². The molecule has 2 atom stereocenters. The van der Waals surface area contributed by atoms with Gasteiger partial charge in [-0.3, -0.25) is 4.79 Å². The van der Waals surface area contributed by atoms with Crippen LogP contribution in [0.4, 0.5) is 5.82 Å². The molecule has 8 heteroatoms. The van der Waals surface area contributed by atoms with E-state index >= 15 is 0 Å². The van der Waals surface area contributed by atoms with Crippen molar-refractivity contribution in [3.8, 4) is 5.75 Å². The fourth-order valence-electron chi connectivity index (χ4n) is 3.86. The number of nitrogens with one attached hydrogen (secondary N) is 1. The lowest BCUT2D eigenvalue weighted by molar-refractivity contribution is -0.118. The highest BCUT2D eigenvalue weighted by molar-refractivity contribution is 8.00. The van der Waals surface area contributed by atoms with Crippen molar-refractivity contribution in [2.24, 2.45) is 0 Å². The molecule has 2 aromatic carbocycles. The summed E-state index contributed by atoms with van der Waals surface area (Å²) in [4.78, 5) is 24.5. The number of anilines is 1. The first-order valence-electron chi connectivity index (χ1n) is 10.7. The fourth-order valence-corrected chi connectivity index (χ4v) is 4.69. The lowest BCUT2D eigenvalue weighted by Crippen LogP contribution is -2.46. The second kappa shape index (κ2) is 10.2. The number of carbonyl (C=O) groups is 1. The van der Waals surface area contributed by atoms with Gasteiger partial charge in [-0.05, 0) is 32.0 Å². The smallest absolute Gasteiger partial charge is 0.230 e. The van der Waals surface area contributed by atoms with Crippen LogP contribution in [0.5, 0.6) is 5.75 Å². The number of aromatic nitrogens is 2. The summed E-state index contributed by atoms with van der Waals surface area (Å²) < 4.78 is 11.2. The Balaban J connectivity index is 1.49. The SMILES string of the molecule is COc1ccccc1CNC(=O)CSc1nc2ccccc2nc1N1CC(C)OC(C)C1. The number of ether oxygens (including phenoxy) is 2. The van der Waals surface area contributed by atoms with Crippen molar-refractivity contribution in [2.75, 3.05) is 30.9 Å². The van der Waals surface area contributed by atoms with Crippen LogP contribution in [0.15, 0.2) is 53.6 Å². The third kappa shape index (κ3) is 5.31. The topological polar surface area (TPSA) is 76.6 Å². The summed E-state index contributed by atoms with van der Waals surface area (Å²) in [5.74, 6) is 1.77. The van der Waals surface area contributed by atoms with Crippen molar-refractivity contribution in [2.45, 2.75) is 37.6 Å². The number of fused-ring (bicyclic) bond motifs is 1. The van der Waals surface area contributed by atoms with Gasteiger partial charge in [-0.1, -0.05) is 42.1 Å². The normalized spacial score (nSPS) is 18.5. The van der Waals surface area contributed by atoms with Gasteiger partial charge in [-0.15, -0.1) is 0 Å². The van der Waals surface area contributed by atoms with Crippen molar-refractivity contribution >= 4 is 34.5 Å². The fraction of sp³-hybridized carbons (Fsp3) is 0.375. The van der Waals surface area contributed by atoms with Crippen LogP contribution >= 0.6 is 11.8 Å². The predicted octanol–water partition coefficient (Wildman–Crippen LogP) is 3.66. The van der Waals surface area contributed by atoms with E-state index in [4.69, 9.17) is 19.4 Å². The Hall–Kier alpha value is -2.84. The van der Waals surface area contributed by atoms with Gasteiger partial charge < -0.3 is 19.7 Å². The van der Waals surface area contributed by atoms with Gasteiger partial charge in [0.2, 0.25) is 5.91 Å². The number of hydrogen-bond donors (Lipinski definition) is 1. The molecule has 0 aliphatic carbocycles. The maximum absolute atomic E-state index is 12.6. The zero-order valence-electron chi connectivity index (χ0n) is 18.6. The number of carbonyl (C=O) groups excluding carboxylic acids is 1. The lowest BCUT2D eigenvalue weighted by atomic mass is 10.2. The molecule has 4 rings (SSSR count). The van der Waals surface area contributed by atoms with Crippen LogP contribution in [0, 0.1) is 0 Å². The first kappa shape index (κ1) is 22.4. The van der Waals surface area contributed by atoms with E-state index in [2.05, 4.69) is 24.1 Å². The molecule has 2 unspecified atom stereocenters. The zero-order valence-corrected chi connectivity index (χ0v) is 19.4. The summed E-state index contributed by atoms with van der Waals surface area (Å²) in [6.07, 6.45) is 0.211. The van der Waals surface area contributed by atoms with Gasteiger partial charge in [0, 0.05) is 25.2 Å². The number of rotatable bonds is 7. The largest absolute Gasteiger partial charge is 0.496 e. The molecule has 32 heavy (non-hydrogen) atoms. The highest BCUT2D eigenvalue weighted by Crippen LogP contribution is 2.31. The first-order valence-corrected chi connectivity index (χ1v) is 11.7. The van der Waals surface area contributed by atoms with E-state index < -0.39 is 0 Å². The standard InChI is InChI=1S/C24H28N4O3S/c1-16-13-28(14-17(2)31-16)23-24(27-20-10-6-5-9-19(20)26-23)32-15-22(29)25-12-18-8-4-7-11-21(18)30-3/h4-11,16-17H,12-15H2,1-3H3,(H,25,29). The average Bonchev–Trinajstić information content (AvgIpc) is 2.80. The van der Waals surface area contributed by atoms with E-state index in [1.165, 1.54) is 11.8 Å². The summed E-state index contributed by atoms with van der Waals surface area (Å²) in [5.41, 5.74) is 2.61. The second-order valence-electron chi connectivity index (χ2n) is 7.88. The van der Waals surface area contributed by atoms with Gasteiger partial charge in [-0.2, -0.15) is 0 Å². The first-order chi connectivity index (χ1) is 15.5. The van der Waals surface area contributed by atoms with Crippen LogP contribution in [0.3, 0.4) is 0 Å². The Morgan fingerprint density at radius 3 is 2.47 bits per heavy atom. The Labute approximate surface area is 192 Å². The average molecular weight is 453 g/mol. The van der Waals surface area contributed by atoms with Crippen molar-refractivity contribution < 1.29 is 14.3 Å². The molecule has 1 aliphatic heterocycles. The molecule has 0 spiro atoms. The van der Waals surface area contributed by atoms with Gasteiger partial charge in [-0.25, -0.2) is 9.97 Å². The van der Waals surface area contributed by atoms with Crippen molar-refractivity contribution in [3.63, 3.8) is 0 Å². The molecule has 0 bridgehead atoms. The lowest BCUT2D eigenvalue weighted by Gasteiger charge is -2.36. The molecule has 1 aliphatic rings. The number of benzene rings is 2. The Morgan fingerprint density at radius 2 is 1.75 bits per heavy atom. The molecule has 0 radical (unpaired) electrons. The van der Waals surface area contributed by atoms with E-state index in [0.717, 1.165) is 46.3 Å². The second-order valence-corrected chi connectivity index (χ2v) is 8.84. The Morgan fingerprint density at radius 1 is 1.09 bits per heavy atom. The summed E-state index contributed by atoms with van der Waals surface area (Å²) in [6, 6.07) is 15.5. The maximum atomic E-state index is 12.6. The van der Waals surface area contributed by atoms with Gasteiger partial charge >= 0.3 is 0 Å². The molecule has 1 N–H and O–H groups in total. The number of amides is 1. The van der Waals surface area contributed by atoms with E-state index in [9.17, 15) is 4.79 Å². The minimum Gasteiger partial charge on any atom is -0.496 e. The van der Waals surface area contributed by atoms with Crippen LogP contribution < -0.4 is 15.0 Å². The van der Waals surface area contributed by atoms with E-state index in [1.807, 2.05) is 48.5 Å². The molecule has 1 fully saturated rings. The molecular formula is C24H28N4O3S. The highest BCUT2D eigenvalue weighted by atomic mass is 32.2. The molecule has 1 amide bonds. The van der Waals surface area contributed by atoms with Gasteiger partial charge in [0.05, 0.1) is 36.1 Å². The number of methoxy groups -OCH3 is 1. The monoisotopic (exact) mass is 452 g/mol. The molecule has 3 aromatic rings. The van der Waals surface area contributed by atoms with Crippen LogP contribution in [0.2, 0.25) is 0 Å². The molecular weight excluding hydrogens is 424 g/mol. The molecule has 1 aromatic heterocycles. The van der Waals surface area contributed by atoms with Crippen molar-refractivity contribution in [1.82, 2.24) is 15.3 Å². The van der Waals surface area contributed by atoms with E-state index in [-0.39, 0.29) is 23.9 Å². The third-order valence-electron chi connectivity index (χ3n) is 5.25. The van der Waals surface area contributed by atoms with E-state index in [1.54, 1.807) is 7.11 Å². The zero-order chi connectivity index (χ0) is 22.5. The Bertz CT molecular complexity index is 1080. The number of morpholine rings is 1. The van der Waals surface area contributed by atoms with Gasteiger partial charge in [0.15, 0.2) is 5.82 Å². The number of para-hydroxylation sites is 3. The summed E-state index contributed by atoms with van der Waals surface area (Å²) in [5, 5.41) is 3.73. The number of nitrogens with zero attached hydrogens (tertiary/aromatic N) is 3. The van der Waals surface area contributed by atoms with Crippen molar-refractivity contribution in [3.05, 3.63) is 54.1 Å². The predicted molar refractivity (Wildman–Crippen MR) is 127 cm³/mol. The minimum absolute atomic E-state index is 0.0643. The number of hydrogen-bond acceptors (Lipinski definition) is 7. The van der Waals surface area contributed by atoms with Crippen LogP contribution in [0.25, 0.3) is 11.0 Å². The minimum atomic E-state index is -0.0643. The number of thioether (sulfide) groups is 1. The van der Waals surface area contributed by atoms with Crippen LogP contribution in [-0.2, 0) is 16.1 Å². The quantitative estimate of drug-likeness (QED) is 0.548. The molecule has 1 saturated heterocycles. The molecule has 168 valence electrons. The van der Waals surface area contributed by atoms with Crippen molar-refractivity contribution in [1.29, 1.82) is 0 Å². The van der Waals surface area contributed by atoms with Gasteiger partial charge in [0.1, 0.15) is 10.8 Å². The third-order valence-corrected chi connectivity index (χ3v) is 6.20. The highest BCUT2D eigenvalue weighted by Gasteiger charge is 2.26. The summed E-state index contributed by atoms with van der Waals surface area (Å²) >= 11 is 1.41. The van der Waals surface area contributed by atoms with Crippen LogP contribution in [-0.4, -0.2) is 54.0 Å². The molecule has 0 saturated carbocycles. The Kier molecular flexibility index (Phi) is 7.12. The summed E-state index contributed by atoms with van der Waals surface area (Å²) in [7, 11) is 1.63. The maximum Gasteiger partial charge on any atom is 0.230 e. The molecule has 7 nitrogen and oxygen atoms in total.